The molecule has 8 heteroatoms. The summed E-state index contributed by atoms with van der Waals surface area (Å²) in [4.78, 5) is 25.5. The molecule has 1 saturated heterocycles. The molecule has 2 amide bonds. The van der Waals surface area contributed by atoms with Crippen LogP contribution < -0.4 is 10.6 Å². The van der Waals surface area contributed by atoms with Gasteiger partial charge in [-0.3, -0.25) is 9.59 Å². The van der Waals surface area contributed by atoms with Crippen molar-refractivity contribution in [2.75, 3.05) is 25.0 Å². The molecule has 0 atom stereocenters. The van der Waals surface area contributed by atoms with Crippen molar-refractivity contribution < 1.29 is 18.0 Å². The Balaban J connectivity index is 1.79. The maximum atomic E-state index is 12.9. The van der Waals surface area contributed by atoms with E-state index in [1.54, 1.807) is 36.4 Å². The Morgan fingerprint density at radius 1 is 0.968 bits per heavy atom. The van der Waals surface area contributed by atoms with Crippen LogP contribution in [0.2, 0.25) is 0 Å². The zero-order valence-electron chi connectivity index (χ0n) is 17.9. The Morgan fingerprint density at radius 3 is 2.39 bits per heavy atom. The van der Waals surface area contributed by atoms with Crippen molar-refractivity contribution in [3.8, 4) is 0 Å². The van der Waals surface area contributed by atoms with Gasteiger partial charge < -0.3 is 10.6 Å². The number of sulfonamides is 1. The van der Waals surface area contributed by atoms with Crippen LogP contribution in [-0.2, 0) is 10.0 Å². The van der Waals surface area contributed by atoms with Gasteiger partial charge in [-0.1, -0.05) is 38.5 Å². The average molecular weight is 444 g/mol. The lowest BCUT2D eigenvalue weighted by Crippen LogP contribution is -2.35. The van der Waals surface area contributed by atoms with Crippen LogP contribution >= 0.6 is 0 Å². The first kappa shape index (κ1) is 23.0. The smallest absolute Gasteiger partial charge is 0.255 e. The van der Waals surface area contributed by atoms with E-state index in [0.29, 0.717) is 36.8 Å². The molecule has 1 aliphatic rings. The second-order valence-corrected chi connectivity index (χ2v) is 10.0. The number of amides is 2. The van der Waals surface area contributed by atoms with E-state index in [2.05, 4.69) is 10.6 Å². The monoisotopic (exact) mass is 443 g/mol. The molecular formula is C23H29N3O4S. The number of rotatable bonds is 7. The SMILES string of the molecule is CC(C)CNC(=O)c1ccccc1NC(=O)c1cccc(S(=O)(=O)N2CCCCC2)c1. The number of para-hydroxylation sites is 1. The zero-order valence-corrected chi connectivity index (χ0v) is 18.7. The molecule has 1 aliphatic heterocycles. The fraction of sp³-hybridized carbons (Fsp3) is 0.391. The number of anilines is 1. The quantitative estimate of drug-likeness (QED) is 0.685. The van der Waals surface area contributed by atoms with E-state index in [1.165, 1.54) is 16.4 Å². The molecule has 3 rings (SSSR count). The summed E-state index contributed by atoms with van der Waals surface area (Å²) in [5.74, 6) is -0.443. The van der Waals surface area contributed by atoms with Crippen LogP contribution in [0.1, 0.15) is 53.8 Å². The minimum Gasteiger partial charge on any atom is -0.352 e. The molecule has 0 radical (unpaired) electrons. The van der Waals surface area contributed by atoms with E-state index in [1.807, 2.05) is 13.8 Å². The van der Waals surface area contributed by atoms with Gasteiger partial charge in [-0.25, -0.2) is 8.42 Å². The first-order valence-electron chi connectivity index (χ1n) is 10.6. The third-order valence-electron chi connectivity index (χ3n) is 5.14. The molecule has 2 aromatic rings. The van der Waals surface area contributed by atoms with E-state index in [9.17, 15) is 18.0 Å². The van der Waals surface area contributed by atoms with E-state index < -0.39 is 15.9 Å². The molecular weight excluding hydrogens is 414 g/mol. The summed E-state index contributed by atoms with van der Waals surface area (Å²) >= 11 is 0. The van der Waals surface area contributed by atoms with E-state index >= 15 is 0 Å². The molecule has 0 bridgehead atoms. The zero-order chi connectivity index (χ0) is 22.4. The third kappa shape index (κ3) is 5.71. The Bertz CT molecular complexity index is 1040. The summed E-state index contributed by atoms with van der Waals surface area (Å²) in [5.41, 5.74) is 0.946. The second kappa shape index (κ2) is 10.1. The highest BCUT2D eigenvalue weighted by Crippen LogP contribution is 2.22. The lowest BCUT2D eigenvalue weighted by atomic mass is 10.1. The molecule has 7 nitrogen and oxygen atoms in total. The predicted octanol–water partition coefficient (Wildman–Crippen LogP) is 3.50. The Hall–Kier alpha value is -2.71. The standard InChI is InChI=1S/C23H29N3O4S/c1-17(2)16-24-23(28)20-11-4-5-12-21(20)25-22(27)18-9-8-10-19(15-18)31(29,30)26-13-6-3-7-14-26/h4-5,8-12,15,17H,3,6-7,13-14,16H2,1-2H3,(H,24,28)(H,25,27). The van der Waals surface area contributed by atoms with Gasteiger partial charge in [0.25, 0.3) is 11.8 Å². The predicted molar refractivity (Wildman–Crippen MR) is 121 cm³/mol. The molecule has 0 spiro atoms. The lowest BCUT2D eigenvalue weighted by molar-refractivity contribution is 0.0950. The molecule has 166 valence electrons. The number of nitrogens with one attached hydrogen (secondary N) is 2. The van der Waals surface area contributed by atoms with Crippen molar-refractivity contribution in [3.63, 3.8) is 0 Å². The van der Waals surface area contributed by atoms with Crippen LogP contribution in [0.3, 0.4) is 0 Å². The fourth-order valence-electron chi connectivity index (χ4n) is 3.43. The topological polar surface area (TPSA) is 95.6 Å². The van der Waals surface area contributed by atoms with Crippen molar-refractivity contribution in [2.45, 2.75) is 38.0 Å². The average Bonchev–Trinajstić information content (AvgIpc) is 2.78. The minimum atomic E-state index is -3.64. The molecule has 1 heterocycles. The Labute approximate surface area is 183 Å². The number of carbonyl (C=O) groups excluding carboxylic acids is 2. The largest absolute Gasteiger partial charge is 0.352 e. The molecule has 0 aliphatic carbocycles. The minimum absolute atomic E-state index is 0.102. The van der Waals surface area contributed by atoms with Gasteiger partial charge in [0.15, 0.2) is 0 Å². The van der Waals surface area contributed by atoms with Crippen LogP contribution in [0.25, 0.3) is 0 Å². The summed E-state index contributed by atoms with van der Waals surface area (Å²) in [6.45, 7) is 5.52. The van der Waals surface area contributed by atoms with E-state index in [0.717, 1.165) is 19.3 Å². The lowest BCUT2D eigenvalue weighted by Gasteiger charge is -2.26. The van der Waals surface area contributed by atoms with Crippen LogP contribution in [0.4, 0.5) is 5.69 Å². The van der Waals surface area contributed by atoms with Gasteiger partial charge in [0.1, 0.15) is 0 Å². The van der Waals surface area contributed by atoms with Gasteiger partial charge in [0.2, 0.25) is 10.0 Å². The summed E-state index contributed by atoms with van der Waals surface area (Å²) in [6.07, 6.45) is 2.71. The van der Waals surface area contributed by atoms with Gasteiger partial charge in [0, 0.05) is 25.2 Å². The van der Waals surface area contributed by atoms with Gasteiger partial charge >= 0.3 is 0 Å². The highest BCUT2D eigenvalue weighted by atomic mass is 32.2. The summed E-state index contributed by atoms with van der Waals surface area (Å²) < 4.78 is 27.3. The first-order valence-corrected chi connectivity index (χ1v) is 12.0. The molecule has 0 saturated carbocycles. The third-order valence-corrected chi connectivity index (χ3v) is 7.03. The van der Waals surface area contributed by atoms with Crippen molar-refractivity contribution >= 4 is 27.5 Å². The molecule has 2 aromatic carbocycles. The normalized spacial score (nSPS) is 14.9. The van der Waals surface area contributed by atoms with E-state index in [-0.39, 0.29) is 16.4 Å². The van der Waals surface area contributed by atoms with Crippen molar-refractivity contribution in [3.05, 3.63) is 59.7 Å². The Morgan fingerprint density at radius 2 is 1.68 bits per heavy atom. The highest BCUT2D eigenvalue weighted by molar-refractivity contribution is 7.89. The van der Waals surface area contributed by atoms with Gasteiger partial charge in [-0.05, 0) is 49.1 Å². The molecule has 0 unspecified atom stereocenters. The molecule has 31 heavy (non-hydrogen) atoms. The summed E-state index contributed by atoms with van der Waals surface area (Å²) in [7, 11) is -3.64. The molecule has 0 aromatic heterocycles. The van der Waals surface area contributed by atoms with Crippen LogP contribution in [-0.4, -0.2) is 44.2 Å². The van der Waals surface area contributed by atoms with Gasteiger partial charge in [-0.15, -0.1) is 0 Å². The van der Waals surface area contributed by atoms with Crippen molar-refractivity contribution in [2.24, 2.45) is 5.92 Å². The number of piperidine rings is 1. The van der Waals surface area contributed by atoms with Crippen LogP contribution in [0, 0.1) is 5.92 Å². The Kier molecular flexibility index (Phi) is 7.46. The highest BCUT2D eigenvalue weighted by Gasteiger charge is 2.26. The first-order chi connectivity index (χ1) is 14.8. The van der Waals surface area contributed by atoms with Crippen molar-refractivity contribution in [1.29, 1.82) is 0 Å². The number of benzene rings is 2. The van der Waals surface area contributed by atoms with Crippen LogP contribution in [0.5, 0.6) is 0 Å². The maximum absolute atomic E-state index is 12.9. The van der Waals surface area contributed by atoms with E-state index in [4.69, 9.17) is 0 Å². The van der Waals surface area contributed by atoms with Gasteiger partial charge in [0.05, 0.1) is 16.1 Å². The number of nitrogens with zero attached hydrogens (tertiary/aromatic N) is 1. The maximum Gasteiger partial charge on any atom is 0.255 e. The van der Waals surface area contributed by atoms with Gasteiger partial charge in [-0.2, -0.15) is 4.31 Å². The molecule has 1 fully saturated rings. The fourth-order valence-corrected chi connectivity index (χ4v) is 4.99. The molecule has 2 N–H and O–H groups in total. The number of hydrogen-bond acceptors (Lipinski definition) is 4. The number of carbonyl (C=O) groups is 2. The summed E-state index contributed by atoms with van der Waals surface area (Å²) in [5, 5.41) is 5.59. The van der Waals surface area contributed by atoms with Crippen LogP contribution in [0.15, 0.2) is 53.4 Å². The number of hydrogen-bond donors (Lipinski definition) is 2. The second-order valence-electron chi connectivity index (χ2n) is 8.10. The summed E-state index contributed by atoms with van der Waals surface area (Å²) in [6, 6.07) is 12.8. The van der Waals surface area contributed by atoms with Crippen molar-refractivity contribution in [1.82, 2.24) is 9.62 Å².